The minimum atomic E-state index is -1.54. The van der Waals surface area contributed by atoms with Crippen molar-refractivity contribution in [1.29, 1.82) is 0 Å². The molecule has 1 saturated carbocycles. The molecular weight excluding hydrogens is 526 g/mol. The van der Waals surface area contributed by atoms with Crippen LogP contribution in [0.25, 0.3) is 11.1 Å². The third-order valence-corrected chi connectivity index (χ3v) is 6.99. The van der Waals surface area contributed by atoms with E-state index in [0.29, 0.717) is 12.8 Å². The number of aliphatic hydroxyl groups is 1. The Labute approximate surface area is 221 Å². The van der Waals surface area contributed by atoms with Gasteiger partial charge in [0.15, 0.2) is 34.8 Å². The molecule has 4 rings (SSSR count). The molecule has 0 radical (unpaired) electrons. The zero-order valence-electron chi connectivity index (χ0n) is 21.2. The monoisotopic (exact) mass is 552 g/mol. The summed E-state index contributed by atoms with van der Waals surface area (Å²) in [5.74, 6) is -11.0. The first-order chi connectivity index (χ1) is 18.5. The van der Waals surface area contributed by atoms with Gasteiger partial charge in [0.1, 0.15) is 0 Å². The number of ether oxygens (including phenoxy) is 2. The lowest BCUT2D eigenvalue weighted by atomic mass is 9.78. The fourth-order valence-corrected chi connectivity index (χ4v) is 4.87. The molecule has 39 heavy (non-hydrogen) atoms. The summed E-state index contributed by atoms with van der Waals surface area (Å²) in [5, 5.41) is 9.56. The fraction of sp³-hybridized carbons (Fsp3) is 0.345. The molecule has 0 aromatic heterocycles. The number of aliphatic hydroxyl groups excluding tert-OH is 1. The van der Waals surface area contributed by atoms with Crippen molar-refractivity contribution < 1.29 is 45.7 Å². The highest BCUT2D eigenvalue weighted by molar-refractivity contribution is 5.76. The number of hydrogen-bond donors (Lipinski definition) is 1. The van der Waals surface area contributed by atoms with Gasteiger partial charge in [0.2, 0.25) is 11.6 Å². The number of hydrogen-bond acceptors (Lipinski definition) is 4. The zero-order valence-corrected chi connectivity index (χ0v) is 21.2. The molecule has 1 unspecified atom stereocenters. The van der Waals surface area contributed by atoms with Crippen molar-refractivity contribution in [2.75, 3.05) is 6.61 Å². The Hall–Kier alpha value is -3.53. The SMILES string of the molecule is CCOc1ccc(-c2ccc(OC(=O)C3CCC(c4ccc(C(C)O)c(F)c4F)CC3)c(F)c2F)c(F)c1F. The van der Waals surface area contributed by atoms with E-state index in [1.165, 1.54) is 19.1 Å². The third-order valence-electron chi connectivity index (χ3n) is 6.99. The summed E-state index contributed by atoms with van der Waals surface area (Å²) in [6, 6.07) is 6.83. The van der Waals surface area contributed by atoms with Crippen LogP contribution in [-0.2, 0) is 4.79 Å². The first-order valence-electron chi connectivity index (χ1n) is 12.5. The molecular formula is C29H26F6O4. The van der Waals surface area contributed by atoms with Gasteiger partial charge in [-0.05, 0) is 75.3 Å². The molecule has 0 aliphatic heterocycles. The lowest BCUT2D eigenvalue weighted by molar-refractivity contribution is -0.140. The van der Waals surface area contributed by atoms with Gasteiger partial charge in [0.25, 0.3) is 0 Å². The Morgan fingerprint density at radius 2 is 1.36 bits per heavy atom. The number of carbonyl (C=O) groups is 1. The van der Waals surface area contributed by atoms with Crippen LogP contribution in [0.2, 0.25) is 0 Å². The Balaban J connectivity index is 1.45. The molecule has 1 aliphatic rings. The highest BCUT2D eigenvalue weighted by atomic mass is 19.2. The predicted molar refractivity (Wildman–Crippen MR) is 130 cm³/mol. The molecule has 0 saturated heterocycles. The van der Waals surface area contributed by atoms with E-state index in [4.69, 9.17) is 9.47 Å². The van der Waals surface area contributed by atoms with Gasteiger partial charge in [0.05, 0.1) is 18.6 Å². The first-order valence-corrected chi connectivity index (χ1v) is 12.5. The highest BCUT2D eigenvalue weighted by Gasteiger charge is 2.32. The Kier molecular flexibility index (Phi) is 8.54. The van der Waals surface area contributed by atoms with Gasteiger partial charge in [-0.2, -0.15) is 8.78 Å². The van der Waals surface area contributed by atoms with E-state index in [1.54, 1.807) is 6.92 Å². The molecule has 10 heteroatoms. The van der Waals surface area contributed by atoms with Gasteiger partial charge in [-0.15, -0.1) is 0 Å². The summed E-state index contributed by atoms with van der Waals surface area (Å²) in [6.07, 6.45) is -0.0479. The van der Waals surface area contributed by atoms with Crippen LogP contribution in [0.5, 0.6) is 11.5 Å². The average molecular weight is 553 g/mol. The molecule has 1 aliphatic carbocycles. The summed E-state index contributed by atoms with van der Waals surface area (Å²) in [5.41, 5.74) is -1.11. The van der Waals surface area contributed by atoms with Gasteiger partial charge in [-0.25, -0.2) is 17.6 Å². The molecule has 0 spiro atoms. The van der Waals surface area contributed by atoms with E-state index in [1.807, 2.05) is 0 Å². The molecule has 0 heterocycles. The van der Waals surface area contributed by atoms with Gasteiger partial charge < -0.3 is 14.6 Å². The second-order valence-corrected chi connectivity index (χ2v) is 9.43. The van der Waals surface area contributed by atoms with Gasteiger partial charge >= 0.3 is 5.97 Å². The van der Waals surface area contributed by atoms with Crippen LogP contribution < -0.4 is 9.47 Å². The van der Waals surface area contributed by atoms with E-state index < -0.39 is 69.8 Å². The number of esters is 1. The molecule has 1 fully saturated rings. The maximum absolute atomic E-state index is 14.8. The number of carbonyl (C=O) groups excluding carboxylic acids is 1. The lowest BCUT2D eigenvalue weighted by Gasteiger charge is -2.28. The normalized spacial score (nSPS) is 18.1. The first kappa shape index (κ1) is 28.5. The van der Waals surface area contributed by atoms with Crippen molar-refractivity contribution in [2.24, 2.45) is 5.92 Å². The van der Waals surface area contributed by atoms with Gasteiger partial charge in [-0.3, -0.25) is 4.79 Å². The minimum absolute atomic E-state index is 0.0763. The van der Waals surface area contributed by atoms with E-state index in [2.05, 4.69) is 0 Å². The van der Waals surface area contributed by atoms with Crippen molar-refractivity contribution in [3.05, 3.63) is 82.4 Å². The topological polar surface area (TPSA) is 55.8 Å². The van der Waals surface area contributed by atoms with Crippen LogP contribution >= 0.6 is 0 Å². The molecule has 3 aromatic carbocycles. The van der Waals surface area contributed by atoms with Crippen molar-refractivity contribution in [3.63, 3.8) is 0 Å². The summed E-state index contributed by atoms with van der Waals surface area (Å²) in [4.78, 5) is 12.7. The second-order valence-electron chi connectivity index (χ2n) is 9.43. The van der Waals surface area contributed by atoms with Crippen molar-refractivity contribution in [2.45, 2.75) is 51.6 Å². The van der Waals surface area contributed by atoms with Crippen LogP contribution in [0.1, 0.15) is 62.7 Å². The van der Waals surface area contributed by atoms with Crippen LogP contribution in [0.3, 0.4) is 0 Å². The van der Waals surface area contributed by atoms with Gasteiger partial charge in [-0.1, -0.05) is 12.1 Å². The second kappa shape index (κ2) is 11.7. The average Bonchev–Trinajstić information content (AvgIpc) is 2.91. The Morgan fingerprint density at radius 1 is 0.795 bits per heavy atom. The number of rotatable bonds is 7. The largest absolute Gasteiger partial charge is 0.491 e. The van der Waals surface area contributed by atoms with Crippen LogP contribution in [0.15, 0.2) is 36.4 Å². The maximum atomic E-state index is 14.8. The smallest absolute Gasteiger partial charge is 0.314 e. The number of benzene rings is 3. The standard InChI is InChI=1S/C29H26F6O4/c1-3-38-21-12-10-19(25(32)27(21)34)20-11-13-22(28(35)26(20)33)39-29(37)16-6-4-15(5-7-16)18-9-8-17(14(2)36)23(30)24(18)31/h8-16,36H,3-7H2,1-2H3. The van der Waals surface area contributed by atoms with Crippen LogP contribution in [-0.4, -0.2) is 17.7 Å². The van der Waals surface area contributed by atoms with Crippen LogP contribution in [0, 0.1) is 40.8 Å². The molecule has 0 bridgehead atoms. The lowest BCUT2D eigenvalue weighted by Crippen LogP contribution is -2.26. The zero-order chi connectivity index (χ0) is 28.4. The summed E-state index contributed by atoms with van der Waals surface area (Å²) in [6.45, 7) is 2.98. The van der Waals surface area contributed by atoms with E-state index in [9.17, 15) is 36.2 Å². The van der Waals surface area contributed by atoms with Crippen LogP contribution in [0.4, 0.5) is 26.3 Å². The molecule has 1 N–H and O–H groups in total. The summed E-state index contributed by atoms with van der Waals surface area (Å²) < 4.78 is 97.2. The van der Waals surface area contributed by atoms with Crippen molar-refractivity contribution in [1.82, 2.24) is 0 Å². The summed E-state index contributed by atoms with van der Waals surface area (Å²) in [7, 11) is 0. The van der Waals surface area contributed by atoms with E-state index in [-0.39, 0.29) is 42.2 Å². The Bertz CT molecular complexity index is 1380. The minimum Gasteiger partial charge on any atom is -0.491 e. The fourth-order valence-electron chi connectivity index (χ4n) is 4.87. The van der Waals surface area contributed by atoms with Gasteiger partial charge in [0, 0.05) is 16.7 Å². The number of halogens is 6. The quantitative estimate of drug-likeness (QED) is 0.187. The highest BCUT2D eigenvalue weighted by Crippen LogP contribution is 2.40. The van der Waals surface area contributed by atoms with E-state index >= 15 is 0 Å². The molecule has 3 aromatic rings. The molecule has 208 valence electrons. The molecule has 0 amide bonds. The maximum Gasteiger partial charge on any atom is 0.314 e. The molecule has 4 nitrogen and oxygen atoms in total. The van der Waals surface area contributed by atoms with E-state index in [0.717, 1.165) is 24.3 Å². The Morgan fingerprint density at radius 3 is 1.92 bits per heavy atom. The molecule has 1 atom stereocenters. The van der Waals surface area contributed by atoms with Crippen molar-refractivity contribution >= 4 is 5.97 Å². The summed E-state index contributed by atoms with van der Waals surface area (Å²) >= 11 is 0. The third kappa shape index (κ3) is 5.61. The predicted octanol–water partition coefficient (Wildman–Crippen LogP) is 7.52. The van der Waals surface area contributed by atoms with Crippen molar-refractivity contribution in [3.8, 4) is 22.6 Å².